The first-order valence-electron chi connectivity index (χ1n) is 9.13. The third-order valence-electron chi connectivity index (χ3n) is 4.22. The quantitative estimate of drug-likeness (QED) is 0.366. The van der Waals surface area contributed by atoms with Crippen LogP contribution in [0, 0.1) is 10.1 Å². The van der Waals surface area contributed by atoms with Crippen molar-refractivity contribution < 1.29 is 18.9 Å². The lowest BCUT2D eigenvalue weighted by molar-refractivity contribution is -0.384. The number of non-ortho nitro benzene ring substituents is 1. The lowest BCUT2D eigenvalue weighted by Gasteiger charge is -2.16. The number of ether oxygens (including phenoxy) is 1. The molecule has 2 N–H and O–H groups in total. The van der Waals surface area contributed by atoms with Gasteiger partial charge in [-0.25, -0.2) is 0 Å². The third kappa shape index (κ3) is 5.82. The zero-order chi connectivity index (χ0) is 21.5. The topological polar surface area (TPSA) is 107 Å². The summed E-state index contributed by atoms with van der Waals surface area (Å²) in [6, 6.07) is 14.5. The molecule has 1 amide bonds. The van der Waals surface area contributed by atoms with Crippen LogP contribution in [0.1, 0.15) is 18.2 Å². The molecule has 3 aromatic rings. The van der Waals surface area contributed by atoms with Crippen LogP contribution in [0.25, 0.3) is 0 Å². The van der Waals surface area contributed by atoms with Crippen molar-refractivity contribution in [3.05, 3.63) is 87.3 Å². The molecule has 0 spiro atoms. The number of hydrogen-bond acceptors (Lipinski definition) is 6. The molecule has 156 valence electrons. The number of carbonyl (C=O) groups is 1. The van der Waals surface area contributed by atoms with Gasteiger partial charge in [0.15, 0.2) is 0 Å². The van der Waals surface area contributed by atoms with Crippen LogP contribution >= 0.6 is 11.6 Å². The largest absolute Gasteiger partial charge is 0.467 e. The second-order valence-electron chi connectivity index (χ2n) is 6.55. The summed E-state index contributed by atoms with van der Waals surface area (Å²) in [5.41, 5.74) is 1.86. The molecule has 0 bridgehead atoms. The summed E-state index contributed by atoms with van der Waals surface area (Å²) in [5, 5.41) is 16.7. The number of nitro benzene ring substituents is 1. The highest BCUT2D eigenvalue weighted by molar-refractivity contribution is 6.34. The first-order valence-corrected chi connectivity index (χ1v) is 9.50. The summed E-state index contributed by atoms with van der Waals surface area (Å²) in [4.78, 5) is 22.7. The number of amides is 1. The van der Waals surface area contributed by atoms with Gasteiger partial charge in [0.1, 0.15) is 18.4 Å². The minimum Gasteiger partial charge on any atom is -0.467 e. The Balaban J connectivity index is 1.55. The Kier molecular flexibility index (Phi) is 7.05. The monoisotopic (exact) mass is 429 g/mol. The molecule has 1 aromatic heterocycles. The van der Waals surface area contributed by atoms with Crippen LogP contribution in [0.3, 0.4) is 0 Å². The lowest BCUT2D eigenvalue weighted by Crippen LogP contribution is -2.32. The number of nitro groups is 1. The third-order valence-corrected chi connectivity index (χ3v) is 4.53. The zero-order valence-corrected chi connectivity index (χ0v) is 16.9. The molecule has 0 saturated carbocycles. The maximum absolute atomic E-state index is 12.5. The number of benzene rings is 2. The predicted molar refractivity (Wildman–Crippen MR) is 113 cm³/mol. The van der Waals surface area contributed by atoms with Crippen LogP contribution in [0.15, 0.2) is 65.3 Å². The number of carbonyl (C=O) groups excluding carboxylic acids is 1. The molecule has 1 heterocycles. The summed E-state index contributed by atoms with van der Waals surface area (Å²) in [5.74, 6) is 0.421. The fraction of sp³-hybridized carbons (Fsp3) is 0.190. The Bertz CT molecular complexity index is 1020. The van der Waals surface area contributed by atoms with Crippen LogP contribution in [0.4, 0.5) is 17.1 Å². The number of nitrogens with one attached hydrogen (secondary N) is 2. The second kappa shape index (κ2) is 9.91. The van der Waals surface area contributed by atoms with E-state index in [0.29, 0.717) is 18.9 Å². The van der Waals surface area contributed by atoms with E-state index in [4.69, 9.17) is 20.8 Å². The highest BCUT2D eigenvalue weighted by Crippen LogP contribution is 2.27. The normalized spacial score (nSPS) is 11.7. The van der Waals surface area contributed by atoms with Crippen molar-refractivity contribution in [1.29, 1.82) is 0 Å². The number of rotatable bonds is 9. The minimum absolute atomic E-state index is 0.0976. The highest BCUT2D eigenvalue weighted by atomic mass is 35.5. The fourth-order valence-electron chi connectivity index (χ4n) is 2.69. The number of furan rings is 1. The molecule has 2 aromatic carbocycles. The van der Waals surface area contributed by atoms with E-state index in [1.807, 2.05) is 30.3 Å². The molecule has 1 atom stereocenters. The van der Waals surface area contributed by atoms with Gasteiger partial charge in [0, 0.05) is 17.8 Å². The molecule has 0 aliphatic rings. The molecular formula is C21H20ClN3O5. The van der Waals surface area contributed by atoms with Crippen molar-refractivity contribution in [3.8, 4) is 0 Å². The molecule has 3 rings (SSSR count). The lowest BCUT2D eigenvalue weighted by atomic mass is 10.2. The van der Waals surface area contributed by atoms with Gasteiger partial charge in [-0.1, -0.05) is 23.7 Å². The molecule has 30 heavy (non-hydrogen) atoms. The predicted octanol–water partition coefficient (Wildman–Crippen LogP) is 5.00. The fourth-order valence-corrected chi connectivity index (χ4v) is 2.91. The van der Waals surface area contributed by atoms with E-state index in [-0.39, 0.29) is 16.6 Å². The van der Waals surface area contributed by atoms with E-state index in [2.05, 4.69) is 10.6 Å². The summed E-state index contributed by atoms with van der Waals surface area (Å²) in [6.07, 6.45) is 1.60. The standard InChI is InChI=1S/C21H20ClN3O5/c1-14(21(26)24-20-8-7-17(25(27)28)11-19(20)22)23-16-5-2-4-15(10-16)12-29-13-18-6-3-9-30-18/h2-11,14,23H,12-13H2,1H3,(H,24,26). The molecule has 0 saturated heterocycles. The van der Waals surface area contributed by atoms with Crippen LogP contribution in [-0.2, 0) is 22.7 Å². The Hall–Kier alpha value is -3.36. The van der Waals surface area contributed by atoms with Crippen molar-refractivity contribution in [1.82, 2.24) is 0 Å². The summed E-state index contributed by atoms with van der Waals surface area (Å²) in [7, 11) is 0. The molecule has 9 heteroatoms. The van der Waals surface area contributed by atoms with Gasteiger partial charge in [-0.15, -0.1) is 0 Å². The number of hydrogen-bond donors (Lipinski definition) is 2. The molecule has 1 unspecified atom stereocenters. The van der Waals surface area contributed by atoms with Gasteiger partial charge in [-0.2, -0.15) is 0 Å². The van der Waals surface area contributed by atoms with Gasteiger partial charge in [-0.3, -0.25) is 14.9 Å². The van der Waals surface area contributed by atoms with Crippen LogP contribution in [0.5, 0.6) is 0 Å². The first kappa shape index (κ1) is 21.4. The van der Waals surface area contributed by atoms with Crippen molar-refractivity contribution in [3.63, 3.8) is 0 Å². The second-order valence-corrected chi connectivity index (χ2v) is 6.96. The van der Waals surface area contributed by atoms with Gasteiger partial charge in [0.25, 0.3) is 5.69 Å². The van der Waals surface area contributed by atoms with Crippen molar-refractivity contribution in [2.75, 3.05) is 10.6 Å². The Morgan fingerprint density at radius 2 is 2.03 bits per heavy atom. The molecule has 0 aliphatic heterocycles. The maximum Gasteiger partial charge on any atom is 0.271 e. The van der Waals surface area contributed by atoms with Crippen LogP contribution in [0.2, 0.25) is 5.02 Å². The summed E-state index contributed by atoms with van der Waals surface area (Å²) in [6.45, 7) is 2.48. The number of anilines is 2. The van der Waals surface area contributed by atoms with E-state index in [0.717, 1.165) is 17.0 Å². The minimum atomic E-state index is -0.574. The maximum atomic E-state index is 12.5. The van der Waals surface area contributed by atoms with Crippen molar-refractivity contribution in [2.24, 2.45) is 0 Å². The van der Waals surface area contributed by atoms with Crippen LogP contribution in [-0.4, -0.2) is 16.9 Å². The smallest absolute Gasteiger partial charge is 0.271 e. The Morgan fingerprint density at radius 1 is 1.20 bits per heavy atom. The van der Waals surface area contributed by atoms with Crippen molar-refractivity contribution in [2.45, 2.75) is 26.2 Å². The van der Waals surface area contributed by atoms with Gasteiger partial charge in [-0.05, 0) is 42.8 Å². The van der Waals surface area contributed by atoms with Gasteiger partial charge in [0.05, 0.1) is 28.5 Å². The average molecular weight is 430 g/mol. The Labute approximate surface area is 177 Å². The molecular weight excluding hydrogens is 410 g/mol. The van der Waals surface area contributed by atoms with E-state index >= 15 is 0 Å². The van der Waals surface area contributed by atoms with Gasteiger partial charge in [0.2, 0.25) is 5.91 Å². The zero-order valence-electron chi connectivity index (χ0n) is 16.1. The van der Waals surface area contributed by atoms with E-state index in [1.165, 1.54) is 18.2 Å². The first-order chi connectivity index (χ1) is 14.4. The molecule has 0 radical (unpaired) electrons. The van der Waals surface area contributed by atoms with Crippen molar-refractivity contribution >= 4 is 34.6 Å². The number of halogens is 1. The summed E-state index contributed by atoms with van der Waals surface area (Å²) >= 11 is 6.03. The SMILES string of the molecule is CC(Nc1cccc(COCc2ccco2)c1)C(=O)Nc1ccc([N+](=O)[O-])cc1Cl. The molecule has 0 fully saturated rings. The highest BCUT2D eigenvalue weighted by Gasteiger charge is 2.16. The molecule has 0 aliphatic carbocycles. The summed E-state index contributed by atoms with van der Waals surface area (Å²) < 4.78 is 10.9. The molecule has 8 nitrogen and oxygen atoms in total. The van der Waals surface area contributed by atoms with E-state index < -0.39 is 11.0 Å². The van der Waals surface area contributed by atoms with Gasteiger partial charge < -0.3 is 19.8 Å². The van der Waals surface area contributed by atoms with Crippen LogP contribution < -0.4 is 10.6 Å². The number of nitrogens with zero attached hydrogens (tertiary/aromatic N) is 1. The van der Waals surface area contributed by atoms with E-state index in [9.17, 15) is 14.9 Å². The van der Waals surface area contributed by atoms with E-state index in [1.54, 1.807) is 19.3 Å². The average Bonchev–Trinajstić information content (AvgIpc) is 3.23. The Morgan fingerprint density at radius 3 is 2.73 bits per heavy atom. The van der Waals surface area contributed by atoms with Gasteiger partial charge >= 0.3 is 0 Å².